The monoisotopic (exact) mass is 390 g/mol. The number of rotatable bonds is 8. The summed E-state index contributed by atoms with van der Waals surface area (Å²) >= 11 is 1.72. The zero-order chi connectivity index (χ0) is 19.2. The summed E-state index contributed by atoms with van der Waals surface area (Å²) in [6.07, 6.45) is 2.05. The first-order chi connectivity index (χ1) is 13.1. The average Bonchev–Trinajstić information content (AvgIpc) is 3.00. The topological polar surface area (TPSA) is 59.4 Å². The van der Waals surface area contributed by atoms with Gasteiger partial charge in [-0.05, 0) is 24.3 Å². The molecule has 0 radical (unpaired) electrons. The molecule has 148 valence electrons. The van der Waals surface area contributed by atoms with Crippen molar-refractivity contribution in [1.29, 1.82) is 0 Å². The van der Waals surface area contributed by atoms with Crippen LogP contribution in [0, 0.1) is 5.92 Å². The molecule has 1 aliphatic heterocycles. The molecule has 0 aliphatic carbocycles. The summed E-state index contributed by atoms with van der Waals surface area (Å²) in [6, 6.07) is 8.35. The molecule has 0 saturated carbocycles. The Kier molecular flexibility index (Phi) is 7.15. The SMILES string of the molecule is CSCc1nc2ccccc2n1CC(=O)NCC(C(C)C)N1CCOCC1. The Morgan fingerprint density at radius 1 is 1.30 bits per heavy atom. The Balaban J connectivity index is 1.66. The van der Waals surface area contributed by atoms with E-state index in [1.165, 1.54) is 0 Å². The lowest BCUT2D eigenvalue weighted by Gasteiger charge is -2.36. The van der Waals surface area contributed by atoms with Crippen LogP contribution in [0.25, 0.3) is 11.0 Å². The molecule has 0 bridgehead atoms. The molecule has 1 aromatic heterocycles. The van der Waals surface area contributed by atoms with E-state index in [9.17, 15) is 4.79 Å². The molecule has 1 N–H and O–H groups in total. The first-order valence-corrected chi connectivity index (χ1v) is 11.0. The number of nitrogens with zero attached hydrogens (tertiary/aromatic N) is 3. The van der Waals surface area contributed by atoms with Crippen LogP contribution in [0.2, 0.25) is 0 Å². The molecule has 3 rings (SSSR count). The number of para-hydroxylation sites is 2. The smallest absolute Gasteiger partial charge is 0.240 e. The third-order valence-corrected chi connectivity index (χ3v) is 5.65. The minimum absolute atomic E-state index is 0.0411. The number of nitrogens with one attached hydrogen (secondary N) is 1. The van der Waals surface area contributed by atoms with Crippen molar-refractivity contribution in [3.8, 4) is 0 Å². The normalized spacial score (nSPS) is 16.7. The predicted molar refractivity (Wildman–Crippen MR) is 111 cm³/mol. The minimum Gasteiger partial charge on any atom is -0.379 e. The lowest BCUT2D eigenvalue weighted by molar-refractivity contribution is -0.122. The second-order valence-corrected chi connectivity index (χ2v) is 8.17. The molecular weight excluding hydrogens is 360 g/mol. The molecule has 0 spiro atoms. The van der Waals surface area contributed by atoms with Gasteiger partial charge in [-0.15, -0.1) is 0 Å². The van der Waals surface area contributed by atoms with Gasteiger partial charge in [-0.1, -0.05) is 26.0 Å². The van der Waals surface area contributed by atoms with Gasteiger partial charge in [0.2, 0.25) is 5.91 Å². The number of fused-ring (bicyclic) bond motifs is 1. The van der Waals surface area contributed by atoms with Gasteiger partial charge in [0.15, 0.2) is 0 Å². The summed E-state index contributed by atoms with van der Waals surface area (Å²) in [7, 11) is 0. The summed E-state index contributed by atoms with van der Waals surface area (Å²) < 4.78 is 7.50. The van der Waals surface area contributed by atoms with Crippen molar-refractivity contribution in [3.05, 3.63) is 30.1 Å². The highest BCUT2D eigenvalue weighted by molar-refractivity contribution is 7.97. The highest BCUT2D eigenvalue weighted by Gasteiger charge is 2.24. The zero-order valence-corrected chi connectivity index (χ0v) is 17.3. The number of hydrogen-bond acceptors (Lipinski definition) is 5. The maximum atomic E-state index is 12.7. The van der Waals surface area contributed by atoms with Crippen LogP contribution in [0.5, 0.6) is 0 Å². The molecule has 1 unspecified atom stereocenters. The van der Waals surface area contributed by atoms with Gasteiger partial charge in [0.1, 0.15) is 12.4 Å². The van der Waals surface area contributed by atoms with E-state index in [1.807, 2.05) is 28.8 Å². The number of thioether (sulfide) groups is 1. The molecule has 1 saturated heterocycles. The fourth-order valence-electron chi connectivity index (χ4n) is 3.65. The number of aromatic nitrogens is 2. The molecule has 6 nitrogen and oxygen atoms in total. The fraction of sp³-hybridized carbons (Fsp3) is 0.600. The lowest BCUT2D eigenvalue weighted by atomic mass is 10.0. The Bertz CT molecular complexity index is 756. The van der Waals surface area contributed by atoms with E-state index in [-0.39, 0.29) is 5.91 Å². The highest BCUT2D eigenvalue weighted by atomic mass is 32.2. The van der Waals surface area contributed by atoms with Crippen LogP contribution in [-0.2, 0) is 21.8 Å². The predicted octanol–water partition coefficient (Wildman–Crippen LogP) is 2.37. The van der Waals surface area contributed by atoms with Gasteiger partial charge >= 0.3 is 0 Å². The van der Waals surface area contributed by atoms with Gasteiger partial charge in [0.05, 0.1) is 30.0 Å². The quantitative estimate of drug-likeness (QED) is 0.750. The lowest BCUT2D eigenvalue weighted by Crippen LogP contribution is -2.51. The van der Waals surface area contributed by atoms with Crippen LogP contribution in [-0.4, -0.2) is 65.5 Å². The first-order valence-electron chi connectivity index (χ1n) is 9.61. The Morgan fingerprint density at radius 3 is 2.74 bits per heavy atom. The van der Waals surface area contributed by atoms with Crippen LogP contribution in [0.4, 0.5) is 0 Å². The highest BCUT2D eigenvalue weighted by Crippen LogP contribution is 2.19. The largest absolute Gasteiger partial charge is 0.379 e. The standard InChI is InChI=1S/C20H30N4O2S/c1-15(2)18(23-8-10-26-11-9-23)12-21-20(25)13-24-17-7-5-4-6-16(17)22-19(24)14-27-3/h4-7,15,18H,8-14H2,1-3H3,(H,21,25). The molecule has 7 heteroatoms. The number of carbonyl (C=O) groups is 1. The second kappa shape index (κ2) is 9.57. The second-order valence-electron chi connectivity index (χ2n) is 7.30. The van der Waals surface area contributed by atoms with Crippen molar-refractivity contribution in [1.82, 2.24) is 19.8 Å². The summed E-state index contributed by atoms with van der Waals surface area (Å²) in [5, 5.41) is 3.16. The van der Waals surface area contributed by atoms with E-state index in [0.29, 0.717) is 25.0 Å². The van der Waals surface area contributed by atoms with Crippen LogP contribution in [0.15, 0.2) is 24.3 Å². The van der Waals surface area contributed by atoms with Gasteiger partial charge in [0, 0.05) is 25.7 Å². The van der Waals surface area contributed by atoms with Gasteiger partial charge in [-0.25, -0.2) is 4.98 Å². The Hall–Kier alpha value is -1.57. The molecule has 1 fully saturated rings. The van der Waals surface area contributed by atoms with Crippen molar-refractivity contribution in [3.63, 3.8) is 0 Å². The Morgan fingerprint density at radius 2 is 2.04 bits per heavy atom. The van der Waals surface area contributed by atoms with E-state index >= 15 is 0 Å². The number of benzene rings is 1. The average molecular weight is 391 g/mol. The third-order valence-electron chi connectivity index (χ3n) is 5.10. The molecule has 1 aromatic carbocycles. The molecule has 1 atom stereocenters. The number of amides is 1. The van der Waals surface area contributed by atoms with Gasteiger partial charge < -0.3 is 14.6 Å². The third kappa shape index (κ3) is 5.03. The van der Waals surface area contributed by atoms with Crippen LogP contribution < -0.4 is 5.32 Å². The summed E-state index contributed by atoms with van der Waals surface area (Å²) in [4.78, 5) is 19.8. The first kappa shape index (κ1) is 20.2. The number of morpholine rings is 1. The molecular formula is C20H30N4O2S. The van der Waals surface area contributed by atoms with Crippen LogP contribution >= 0.6 is 11.8 Å². The fourth-order valence-corrected chi connectivity index (χ4v) is 4.13. The number of ether oxygens (including phenoxy) is 1. The molecule has 2 aromatic rings. The van der Waals surface area contributed by atoms with Crippen molar-refractivity contribution < 1.29 is 9.53 Å². The summed E-state index contributed by atoms with van der Waals surface area (Å²) in [6.45, 7) is 8.82. The van der Waals surface area contributed by atoms with Gasteiger partial charge in [-0.2, -0.15) is 11.8 Å². The number of imidazole rings is 1. The molecule has 2 heterocycles. The van der Waals surface area contributed by atoms with Gasteiger partial charge in [0.25, 0.3) is 0 Å². The van der Waals surface area contributed by atoms with Crippen molar-refractivity contribution >= 4 is 28.7 Å². The van der Waals surface area contributed by atoms with Crippen LogP contribution in [0.3, 0.4) is 0 Å². The maximum Gasteiger partial charge on any atom is 0.240 e. The van der Waals surface area contributed by atoms with E-state index in [0.717, 1.165) is 48.9 Å². The van der Waals surface area contributed by atoms with Crippen LogP contribution in [0.1, 0.15) is 19.7 Å². The van der Waals surface area contributed by atoms with E-state index < -0.39 is 0 Å². The van der Waals surface area contributed by atoms with Crippen molar-refractivity contribution in [2.75, 3.05) is 39.1 Å². The number of carbonyl (C=O) groups excluding carboxylic acids is 1. The van der Waals surface area contributed by atoms with Crippen molar-refractivity contribution in [2.24, 2.45) is 5.92 Å². The van der Waals surface area contributed by atoms with E-state index in [4.69, 9.17) is 9.72 Å². The zero-order valence-electron chi connectivity index (χ0n) is 16.5. The van der Waals surface area contributed by atoms with E-state index in [2.05, 4.69) is 30.3 Å². The molecule has 27 heavy (non-hydrogen) atoms. The minimum atomic E-state index is 0.0411. The van der Waals surface area contributed by atoms with Gasteiger partial charge in [-0.3, -0.25) is 9.69 Å². The number of hydrogen-bond donors (Lipinski definition) is 1. The molecule has 1 aliphatic rings. The van der Waals surface area contributed by atoms with Crippen molar-refractivity contribution in [2.45, 2.75) is 32.2 Å². The summed E-state index contributed by atoms with van der Waals surface area (Å²) in [5.74, 6) is 2.26. The maximum absolute atomic E-state index is 12.7. The Labute approximate surface area is 165 Å². The van der Waals surface area contributed by atoms with E-state index in [1.54, 1.807) is 11.8 Å². The molecule has 1 amide bonds. The summed E-state index contributed by atoms with van der Waals surface area (Å²) in [5.41, 5.74) is 1.97.